The molecule has 2 heterocycles. The molecule has 1 saturated heterocycles. The van der Waals surface area contributed by atoms with Gasteiger partial charge in [0.25, 0.3) is 0 Å². The smallest absolute Gasteiger partial charge is 0.339 e. The Labute approximate surface area is 349 Å². The number of nitrogens with zero attached hydrogens (tertiary/aromatic N) is 1. The summed E-state index contributed by atoms with van der Waals surface area (Å²) >= 11 is 1.50. The second-order valence-electron chi connectivity index (χ2n) is 12.9. The monoisotopic (exact) mass is 841 g/mol. The SMILES string of the molecule is CC(=O)N1C(C(=O)O)CSC1(C)C.COc1cccc(C(=O)c2cc(OC)ccc2C(=O)O)c1.O=C(O)C=Cc1ccco1.O=C(O)c1cc(-c2ccccc2)ccc1O. The van der Waals surface area contributed by atoms with Gasteiger partial charge in [0.05, 0.1) is 30.9 Å². The van der Waals surface area contributed by atoms with E-state index in [1.54, 1.807) is 42.5 Å². The number of hydrogen-bond acceptors (Lipinski definition) is 11. The van der Waals surface area contributed by atoms with Crippen LogP contribution in [-0.2, 0) is 14.4 Å². The van der Waals surface area contributed by atoms with Gasteiger partial charge in [-0.25, -0.2) is 19.2 Å². The maximum absolute atomic E-state index is 12.5. The summed E-state index contributed by atoms with van der Waals surface area (Å²) in [4.78, 5) is 67.7. The number of thioether (sulfide) groups is 1. The molecule has 314 valence electrons. The number of aliphatic carboxylic acids is 2. The first kappa shape index (κ1) is 47.0. The molecule has 16 heteroatoms. The number of aromatic carboxylic acids is 2. The summed E-state index contributed by atoms with van der Waals surface area (Å²) in [6.45, 7) is 5.13. The Morgan fingerprint density at radius 2 is 1.38 bits per heavy atom. The number of carbonyl (C=O) groups excluding carboxylic acids is 2. The van der Waals surface area contributed by atoms with Crippen LogP contribution in [0.5, 0.6) is 17.2 Å². The molecule has 1 unspecified atom stereocenters. The molecule has 0 spiro atoms. The van der Waals surface area contributed by atoms with E-state index in [2.05, 4.69) is 0 Å². The summed E-state index contributed by atoms with van der Waals surface area (Å²) < 4.78 is 15.0. The average Bonchev–Trinajstić information content (AvgIpc) is 3.88. The average molecular weight is 842 g/mol. The van der Waals surface area contributed by atoms with Crippen LogP contribution in [0.25, 0.3) is 17.2 Å². The number of ether oxygens (including phenoxy) is 2. The minimum Gasteiger partial charge on any atom is -0.507 e. The zero-order valence-corrected chi connectivity index (χ0v) is 33.9. The van der Waals surface area contributed by atoms with E-state index in [-0.39, 0.29) is 28.3 Å². The standard InChI is InChI=1S/C16H14O5.C13H10O3.C8H13NO3S.C7H6O3/c1-20-11-5-3-4-10(8-11)15(17)14-9-12(21-2)6-7-13(14)16(18)19;14-12-7-6-10(8-11(12)13(15)16)9-4-2-1-3-5-9;1-5(10)9-6(7(11)12)4-13-8(9,2)3;8-7(9)4-3-6-2-1-5-10-6/h3-9H,1-2H3,(H,18,19);1-8,14H,(H,15,16);6H,4H2,1-3H3,(H,11,12);1-5H,(H,8,9). The maximum Gasteiger partial charge on any atom is 0.339 e. The lowest BCUT2D eigenvalue weighted by molar-refractivity contribution is -0.149. The van der Waals surface area contributed by atoms with Crippen molar-refractivity contribution >= 4 is 53.4 Å². The lowest BCUT2D eigenvalue weighted by atomic mass is 9.98. The van der Waals surface area contributed by atoms with E-state index in [0.717, 1.165) is 17.2 Å². The summed E-state index contributed by atoms with van der Waals surface area (Å²) in [5.41, 5.74) is 1.98. The van der Waals surface area contributed by atoms with Gasteiger partial charge < -0.3 is 44.3 Å². The predicted molar refractivity (Wildman–Crippen MR) is 223 cm³/mol. The summed E-state index contributed by atoms with van der Waals surface area (Å²) in [5.74, 6) is -3.01. The topological polar surface area (TPSA) is 238 Å². The molecule has 6 rings (SSSR count). The third kappa shape index (κ3) is 13.4. The van der Waals surface area contributed by atoms with Crippen LogP contribution in [0, 0.1) is 0 Å². The first-order valence-corrected chi connectivity index (χ1v) is 18.7. The van der Waals surface area contributed by atoms with Crippen molar-refractivity contribution in [3.05, 3.63) is 143 Å². The van der Waals surface area contributed by atoms with Crippen LogP contribution in [0.2, 0.25) is 0 Å². The number of carbonyl (C=O) groups is 6. The van der Waals surface area contributed by atoms with E-state index in [4.69, 9.17) is 29.2 Å². The molecule has 1 aliphatic heterocycles. The van der Waals surface area contributed by atoms with Gasteiger partial charge in [0.15, 0.2) is 5.78 Å². The number of aromatic hydroxyl groups is 1. The molecule has 0 radical (unpaired) electrons. The molecule has 5 aromatic rings. The summed E-state index contributed by atoms with van der Waals surface area (Å²) in [7, 11) is 2.95. The van der Waals surface area contributed by atoms with Crippen LogP contribution < -0.4 is 9.47 Å². The lowest BCUT2D eigenvalue weighted by Gasteiger charge is -2.32. The number of phenols is 1. The van der Waals surface area contributed by atoms with E-state index < -0.39 is 40.6 Å². The van der Waals surface area contributed by atoms with Gasteiger partial charge in [-0.05, 0) is 85.6 Å². The molecular formula is C44H43NO14S. The van der Waals surface area contributed by atoms with Crippen molar-refractivity contribution in [1.82, 2.24) is 4.90 Å². The van der Waals surface area contributed by atoms with Crippen molar-refractivity contribution in [3.8, 4) is 28.4 Å². The fourth-order valence-electron chi connectivity index (χ4n) is 5.58. The van der Waals surface area contributed by atoms with Crippen LogP contribution in [0.4, 0.5) is 0 Å². The van der Waals surface area contributed by atoms with Crippen LogP contribution >= 0.6 is 11.8 Å². The van der Waals surface area contributed by atoms with Crippen LogP contribution in [0.15, 0.2) is 120 Å². The Morgan fingerprint density at radius 1 is 0.733 bits per heavy atom. The molecule has 0 aliphatic carbocycles. The van der Waals surface area contributed by atoms with Gasteiger partial charge in [-0.2, -0.15) is 0 Å². The molecule has 5 N–H and O–H groups in total. The van der Waals surface area contributed by atoms with Gasteiger partial charge in [0, 0.05) is 29.9 Å². The first-order valence-electron chi connectivity index (χ1n) is 17.7. The fraction of sp³-hybridized carbons (Fsp3) is 0.182. The number of methoxy groups -OCH3 is 2. The molecular weight excluding hydrogens is 799 g/mol. The molecule has 60 heavy (non-hydrogen) atoms. The number of rotatable bonds is 10. The fourth-order valence-corrected chi connectivity index (χ4v) is 6.84. The second kappa shape index (κ2) is 22.0. The van der Waals surface area contributed by atoms with Gasteiger partial charge in [0.1, 0.15) is 34.6 Å². The molecule has 1 amide bonds. The van der Waals surface area contributed by atoms with Gasteiger partial charge in [-0.3, -0.25) is 9.59 Å². The van der Waals surface area contributed by atoms with Crippen LogP contribution in [0.3, 0.4) is 0 Å². The highest BCUT2D eigenvalue weighted by molar-refractivity contribution is 8.00. The number of carboxylic acid groups (broad SMARTS) is 4. The van der Waals surface area contributed by atoms with E-state index in [0.29, 0.717) is 28.6 Å². The quantitative estimate of drug-likeness (QED) is 0.0674. The molecule has 15 nitrogen and oxygen atoms in total. The largest absolute Gasteiger partial charge is 0.507 e. The molecule has 1 aromatic heterocycles. The third-order valence-corrected chi connectivity index (χ3v) is 9.80. The highest BCUT2D eigenvalue weighted by atomic mass is 32.2. The Balaban J connectivity index is 0.000000221. The Kier molecular flexibility index (Phi) is 17.2. The highest BCUT2D eigenvalue weighted by Crippen LogP contribution is 2.38. The van der Waals surface area contributed by atoms with E-state index >= 15 is 0 Å². The number of amides is 1. The number of benzene rings is 4. The van der Waals surface area contributed by atoms with E-state index in [9.17, 15) is 39.0 Å². The molecule has 1 atom stereocenters. The minimum absolute atomic E-state index is 0.0661. The predicted octanol–water partition coefficient (Wildman–Crippen LogP) is 7.54. The van der Waals surface area contributed by atoms with Gasteiger partial charge in [-0.15, -0.1) is 11.8 Å². The molecule has 4 aromatic carbocycles. The van der Waals surface area contributed by atoms with Crippen molar-refractivity contribution in [2.75, 3.05) is 20.0 Å². The zero-order chi connectivity index (χ0) is 44.6. The summed E-state index contributed by atoms with van der Waals surface area (Å²) in [5, 5.41) is 44.5. The minimum atomic E-state index is -1.16. The Bertz CT molecular complexity index is 2320. The number of hydrogen-bond donors (Lipinski definition) is 5. The van der Waals surface area contributed by atoms with Crippen LogP contribution in [-0.4, -0.2) is 96.9 Å². The Hall–Kier alpha value is -7.33. The van der Waals surface area contributed by atoms with Crippen molar-refractivity contribution in [3.63, 3.8) is 0 Å². The van der Waals surface area contributed by atoms with Crippen molar-refractivity contribution in [1.29, 1.82) is 0 Å². The zero-order valence-electron chi connectivity index (χ0n) is 33.1. The van der Waals surface area contributed by atoms with Gasteiger partial charge in [0.2, 0.25) is 5.91 Å². The van der Waals surface area contributed by atoms with Gasteiger partial charge in [-0.1, -0.05) is 48.5 Å². The van der Waals surface area contributed by atoms with Gasteiger partial charge >= 0.3 is 23.9 Å². The summed E-state index contributed by atoms with van der Waals surface area (Å²) in [6, 6.07) is 27.5. The van der Waals surface area contributed by atoms with Crippen LogP contribution in [0.1, 0.15) is 63.2 Å². The summed E-state index contributed by atoms with van der Waals surface area (Å²) in [6.07, 6.45) is 3.91. The third-order valence-electron chi connectivity index (χ3n) is 8.41. The highest BCUT2D eigenvalue weighted by Gasteiger charge is 2.45. The van der Waals surface area contributed by atoms with Crippen molar-refractivity contribution in [2.45, 2.75) is 31.7 Å². The molecule has 0 bridgehead atoms. The Morgan fingerprint density at radius 3 is 1.92 bits per heavy atom. The lowest BCUT2D eigenvalue weighted by Crippen LogP contribution is -2.48. The molecule has 1 aliphatic rings. The number of ketones is 1. The second-order valence-corrected chi connectivity index (χ2v) is 14.5. The van der Waals surface area contributed by atoms with Crippen molar-refractivity contribution in [2.24, 2.45) is 0 Å². The number of furan rings is 1. The van der Waals surface area contributed by atoms with E-state index in [1.807, 2.05) is 44.2 Å². The maximum atomic E-state index is 12.5. The van der Waals surface area contributed by atoms with Crippen molar-refractivity contribution < 1.29 is 68.2 Å². The van der Waals surface area contributed by atoms with E-state index in [1.165, 1.54) is 80.5 Å². The molecule has 0 saturated carbocycles. The normalized spacial score (nSPS) is 13.6. The molecule has 1 fully saturated rings. The first-order chi connectivity index (χ1) is 28.4. The number of carboxylic acids is 4.